The van der Waals surface area contributed by atoms with Crippen LogP contribution in [0.15, 0.2) is 30.5 Å². The number of hydrogen-bond acceptors (Lipinski definition) is 8. The second-order valence-corrected chi connectivity index (χ2v) is 8.56. The zero-order valence-corrected chi connectivity index (χ0v) is 15.7. The molecule has 1 atom stereocenters. The quantitative estimate of drug-likeness (QED) is 0.768. The molecule has 0 bridgehead atoms. The molecule has 1 aliphatic heterocycles. The summed E-state index contributed by atoms with van der Waals surface area (Å²) in [6.07, 6.45) is 2.96. The monoisotopic (exact) mass is 377 g/mol. The minimum atomic E-state index is -2.94. The summed E-state index contributed by atoms with van der Waals surface area (Å²) in [5, 5.41) is 11.1. The van der Waals surface area contributed by atoms with Gasteiger partial charge in [-0.1, -0.05) is 12.1 Å². The number of sulfone groups is 1. The predicted molar refractivity (Wildman–Crippen MR) is 100 cm³/mol. The molecule has 1 fully saturated rings. The fourth-order valence-corrected chi connectivity index (χ4v) is 4.73. The molecule has 1 aromatic heterocycles. The molecule has 140 valence electrons. The lowest BCUT2D eigenvalue weighted by atomic mass is 10.1. The largest absolute Gasteiger partial charge is 0.497 e. The third-order valence-corrected chi connectivity index (χ3v) is 6.24. The molecule has 8 nitrogen and oxygen atoms in total. The number of rotatable bonds is 7. The fraction of sp³-hybridized carbons (Fsp3) is 0.471. The fourth-order valence-electron chi connectivity index (χ4n) is 2.95. The van der Waals surface area contributed by atoms with E-state index in [1.165, 1.54) is 0 Å². The second kappa shape index (κ2) is 7.86. The molecule has 1 aromatic carbocycles. The Morgan fingerprint density at radius 1 is 1.38 bits per heavy atom. The normalized spacial score (nSPS) is 18.5. The van der Waals surface area contributed by atoms with Crippen molar-refractivity contribution in [3.05, 3.63) is 36.0 Å². The molecule has 0 radical (unpaired) electrons. The van der Waals surface area contributed by atoms with Crippen LogP contribution in [-0.4, -0.2) is 61.8 Å². The Hall–Kier alpha value is -2.42. The summed E-state index contributed by atoms with van der Waals surface area (Å²) in [5.74, 6) is 2.26. The number of benzene rings is 1. The predicted octanol–water partition coefficient (Wildman–Crippen LogP) is 1.16. The van der Waals surface area contributed by atoms with Gasteiger partial charge in [-0.05, 0) is 30.5 Å². The van der Waals surface area contributed by atoms with Crippen LogP contribution in [0.5, 0.6) is 5.75 Å². The van der Waals surface area contributed by atoms with Gasteiger partial charge in [-0.2, -0.15) is 10.1 Å². The Kier molecular flexibility index (Phi) is 5.55. The van der Waals surface area contributed by atoms with Gasteiger partial charge in [0.15, 0.2) is 15.7 Å². The molecule has 0 saturated carbocycles. The molecule has 1 aliphatic rings. The highest BCUT2D eigenvalue weighted by atomic mass is 32.2. The van der Waals surface area contributed by atoms with Gasteiger partial charge in [0.05, 0.1) is 24.8 Å². The molecule has 1 N–H and O–H groups in total. The zero-order chi connectivity index (χ0) is 18.6. The summed E-state index contributed by atoms with van der Waals surface area (Å²) < 4.78 is 28.6. The lowest BCUT2D eigenvalue weighted by Gasteiger charge is -2.24. The zero-order valence-electron chi connectivity index (χ0n) is 14.9. The van der Waals surface area contributed by atoms with E-state index in [-0.39, 0.29) is 17.5 Å². The van der Waals surface area contributed by atoms with Crippen molar-refractivity contribution >= 4 is 21.6 Å². The summed E-state index contributed by atoms with van der Waals surface area (Å²) in [6.45, 7) is 0.653. The number of ether oxygens (including phenoxy) is 1. The highest BCUT2D eigenvalue weighted by Crippen LogP contribution is 2.21. The number of methoxy groups -OCH3 is 1. The average molecular weight is 377 g/mol. The van der Waals surface area contributed by atoms with Crippen LogP contribution in [0.2, 0.25) is 0 Å². The van der Waals surface area contributed by atoms with Crippen molar-refractivity contribution in [1.82, 2.24) is 15.2 Å². The molecule has 2 heterocycles. The van der Waals surface area contributed by atoms with E-state index in [2.05, 4.69) is 20.5 Å². The summed E-state index contributed by atoms with van der Waals surface area (Å²) in [7, 11) is 0.550. The molecule has 9 heteroatoms. The van der Waals surface area contributed by atoms with Crippen LogP contribution >= 0.6 is 0 Å². The first kappa shape index (κ1) is 18.4. The van der Waals surface area contributed by atoms with Gasteiger partial charge in [-0.25, -0.2) is 8.42 Å². The van der Waals surface area contributed by atoms with E-state index in [4.69, 9.17) is 4.74 Å². The van der Waals surface area contributed by atoms with E-state index in [1.54, 1.807) is 13.3 Å². The molecule has 1 saturated heterocycles. The van der Waals surface area contributed by atoms with Crippen molar-refractivity contribution in [3.63, 3.8) is 0 Å². The number of anilines is 2. The number of nitrogens with one attached hydrogen (secondary N) is 1. The first-order valence-corrected chi connectivity index (χ1v) is 10.3. The van der Waals surface area contributed by atoms with Crippen molar-refractivity contribution in [1.29, 1.82) is 0 Å². The molecule has 1 unspecified atom stereocenters. The van der Waals surface area contributed by atoms with Gasteiger partial charge in [0.2, 0.25) is 5.95 Å². The van der Waals surface area contributed by atoms with E-state index < -0.39 is 9.84 Å². The van der Waals surface area contributed by atoms with Crippen molar-refractivity contribution in [2.75, 3.05) is 42.4 Å². The van der Waals surface area contributed by atoms with Gasteiger partial charge in [-0.3, -0.25) is 0 Å². The van der Waals surface area contributed by atoms with Crippen LogP contribution in [0.1, 0.15) is 12.0 Å². The van der Waals surface area contributed by atoms with E-state index >= 15 is 0 Å². The van der Waals surface area contributed by atoms with E-state index in [0.717, 1.165) is 17.7 Å². The summed E-state index contributed by atoms with van der Waals surface area (Å²) in [4.78, 5) is 6.32. The van der Waals surface area contributed by atoms with Gasteiger partial charge in [0, 0.05) is 19.6 Å². The van der Waals surface area contributed by atoms with E-state index in [0.29, 0.717) is 24.7 Å². The lowest BCUT2D eigenvalue weighted by molar-refractivity contribution is 0.414. The van der Waals surface area contributed by atoms with Crippen LogP contribution < -0.4 is 15.0 Å². The molecule has 3 rings (SSSR count). The highest BCUT2D eigenvalue weighted by Gasteiger charge is 2.31. The van der Waals surface area contributed by atoms with Crippen LogP contribution in [0.4, 0.5) is 11.8 Å². The first-order valence-electron chi connectivity index (χ1n) is 8.46. The van der Waals surface area contributed by atoms with Crippen LogP contribution in [0, 0.1) is 0 Å². The minimum Gasteiger partial charge on any atom is -0.497 e. The molecule has 0 aliphatic carbocycles. The Morgan fingerprint density at radius 2 is 2.23 bits per heavy atom. The number of hydrogen-bond donors (Lipinski definition) is 1. The van der Waals surface area contributed by atoms with E-state index in [9.17, 15) is 8.42 Å². The van der Waals surface area contributed by atoms with Gasteiger partial charge < -0.3 is 15.0 Å². The Morgan fingerprint density at radius 3 is 2.96 bits per heavy atom. The Balaban J connectivity index is 1.58. The van der Waals surface area contributed by atoms with Crippen LogP contribution in [0.3, 0.4) is 0 Å². The Bertz CT molecular complexity index is 859. The maximum absolute atomic E-state index is 11.7. The Labute approximate surface area is 153 Å². The van der Waals surface area contributed by atoms with E-state index in [1.807, 2.05) is 36.2 Å². The summed E-state index contributed by atoms with van der Waals surface area (Å²) >= 11 is 0. The third kappa shape index (κ3) is 4.60. The minimum absolute atomic E-state index is 0.0682. The molecular weight excluding hydrogens is 354 g/mol. The second-order valence-electron chi connectivity index (χ2n) is 6.33. The van der Waals surface area contributed by atoms with Gasteiger partial charge >= 0.3 is 0 Å². The number of nitrogens with zero attached hydrogens (tertiary/aromatic N) is 4. The molecule has 0 spiro atoms. The van der Waals surface area contributed by atoms with Crippen molar-refractivity contribution in [2.45, 2.75) is 18.9 Å². The van der Waals surface area contributed by atoms with Crippen LogP contribution in [0.25, 0.3) is 0 Å². The summed E-state index contributed by atoms with van der Waals surface area (Å²) in [5.41, 5.74) is 1.15. The average Bonchev–Trinajstić information content (AvgIpc) is 3.01. The standard InChI is InChI=1S/C17H23N5O3S/c1-22(14-7-9-26(23,24)12-14)16-11-19-21-17(20-16)18-8-6-13-4-3-5-15(10-13)25-2/h3-5,10-11,14H,6-9,12H2,1-2H3,(H,18,20,21). The molecular formula is C17H23N5O3S. The topological polar surface area (TPSA) is 97.3 Å². The van der Waals surface area contributed by atoms with Gasteiger partial charge in [0.1, 0.15) is 5.75 Å². The van der Waals surface area contributed by atoms with Gasteiger partial charge in [-0.15, -0.1) is 5.10 Å². The lowest BCUT2D eigenvalue weighted by Crippen LogP contribution is -2.33. The SMILES string of the molecule is COc1cccc(CCNc2nncc(N(C)C3CCS(=O)(=O)C3)n2)c1. The number of aromatic nitrogens is 3. The molecule has 26 heavy (non-hydrogen) atoms. The van der Waals surface area contributed by atoms with Crippen molar-refractivity contribution in [3.8, 4) is 5.75 Å². The van der Waals surface area contributed by atoms with Crippen molar-refractivity contribution in [2.24, 2.45) is 0 Å². The van der Waals surface area contributed by atoms with Crippen molar-refractivity contribution < 1.29 is 13.2 Å². The highest BCUT2D eigenvalue weighted by molar-refractivity contribution is 7.91. The maximum Gasteiger partial charge on any atom is 0.244 e. The van der Waals surface area contributed by atoms with Gasteiger partial charge in [0.25, 0.3) is 0 Å². The molecule has 2 aromatic rings. The first-order chi connectivity index (χ1) is 12.5. The smallest absolute Gasteiger partial charge is 0.244 e. The third-order valence-electron chi connectivity index (χ3n) is 4.49. The maximum atomic E-state index is 11.7. The van der Waals surface area contributed by atoms with Crippen LogP contribution in [-0.2, 0) is 16.3 Å². The summed E-state index contributed by atoms with van der Waals surface area (Å²) in [6, 6.07) is 7.82. The molecule has 0 amide bonds.